The Kier molecular flexibility index (Phi) is 4.96. The maximum atomic E-state index is 12.3. The zero-order chi connectivity index (χ0) is 16.9. The molecule has 1 N–H and O–H groups in total. The number of nitrogens with one attached hydrogen (secondary N) is 1. The van der Waals surface area contributed by atoms with E-state index >= 15 is 0 Å². The number of carbonyl (C=O) groups is 1. The number of para-hydroxylation sites is 1. The number of amides is 1. The molecule has 0 saturated heterocycles. The van der Waals surface area contributed by atoms with Gasteiger partial charge in [-0.05, 0) is 42.8 Å². The van der Waals surface area contributed by atoms with Crippen molar-refractivity contribution in [1.29, 1.82) is 0 Å². The van der Waals surface area contributed by atoms with E-state index in [2.05, 4.69) is 23.3 Å². The number of rotatable bonds is 4. The van der Waals surface area contributed by atoms with Crippen LogP contribution < -0.4 is 10.1 Å². The van der Waals surface area contributed by atoms with Gasteiger partial charge in [-0.2, -0.15) is 0 Å². The molecule has 1 amide bonds. The van der Waals surface area contributed by atoms with Crippen molar-refractivity contribution in [1.82, 2.24) is 4.90 Å². The van der Waals surface area contributed by atoms with Gasteiger partial charge in [0.05, 0.1) is 7.11 Å². The van der Waals surface area contributed by atoms with E-state index < -0.39 is 0 Å². The molecule has 4 heteroatoms. The summed E-state index contributed by atoms with van der Waals surface area (Å²) in [5.41, 5.74) is 4.33. The third-order valence-electron chi connectivity index (χ3n) is 4.27. The highest BCUT2D eigenvalue weighted by Crippen LogP contribution is 2.25. The SMILES string of the molecule is COc1ccccc1C=CC(=O)Nc1cccc2c1CCN(C)C2. The molecule has 1 aliphatic heterocycles. The predicted octanol–water partition coefficient (Wildman–Crippen LogP) is 3.34. The molecule has 2 aromatic carbocycles. The first-order valence-electron chi connectivity index (χ1n) is 8.09. The van der Waals surface area contributed by atoms with E-state index in [1.54, 1.807) is 19.3 Å². The summed E-state index contributed by atoms with van der Waals surface area (Å²) in [6.45, 7) is 1.94. The molecule has 0 aromatic heterocycles. The summed E-state index contributed by atoms with van der Waals surface area (Å²) in [4.78, 5) is 14.6. The number of nitrogens with zero attached hydrogens (tertiary/aromatic N) is 1. The quantitative estimate of drug-likeness (QED) is 0.878. The van der Waals surface area contributed by atoms with Crippen molar-refractivity contribution in [2.24, 2.45) is 0 Å². The molecule has 0 saturated carbocycles. The average Bonchev–Trinajstić information content (AvgIpc) is 2.60. The maximum Gasteiger partial charge on any atom is 0.248 e. The Bertz CT molecular complexity index is 768. The first kappa shape index (κ1) is 16.3. The second-order valence-corrected chi connectivity index (χ2v) is 6.00. The molecule has 0 atom stereocenters. The van der Waals surface area contributed by atoms with Crippen LogP contribution in [0.25, 0.3) is 6.08 Å². The van der Waals surface area contributed by atoms with Gasteiger partial charge in [0.25, 0.3) is 0 Å². The van der Waals surface area contributed by atoms with Gasteiger partial charge in [0.2, 0.25) is 5.91 Å². The lowest BCUT2D eigenvalue weighted by Gasteiger charge is -2.26. The van der Waals surface area contributed by atoms with Crippen LogP contribution in [-0.4, -0.2) is 31.5 Å². The van der Waals surface area contributed by atoms with E-state index in [0.717, 1.165) is 36.5 Å². The molecule has 0 bridgehead atoms. The van der Waals surface area contributed by atoms with Crippen LogP contribution in [0.15, 0.2) is 48.5 Å². The number of hydrogen-bond acceptors (Lipinski definition) is 3. The predicted molar refractivity (Wildman–Crippen MR) is 97.1 cm³/mol. The number of ether oxygens (including phenoxy) is 1. The lowest BCUT2D eigenvalue weighted by Crippen LogP contribution is -2.27. The summed E-state index contributed by atoms with van der Waals surface area (Å²) >= 11 is 0. The van der Waals surface area contributed by atoms with Crippen LogP contribution in [0.3, 0.4) is 0 Å². The van der Waals surface area contributed by atoms with Crippen molar-refractivity contribution in [3.8, 4) is 5.75 Å². The molecule has 0 spiro atoms. The van der Waals surface area contributed by atoms with E-state index in [1.807, 2.05) is 36.4 Å². The normalized spacial score (nSPS) is 14.4. The first-order chi connectivity index (χ1) is 11.7. The third-order valence-corrected chi connectivity index (χ3v) is 4.27. The van der Waals surface area contributed by atoms with Crippen molar-refractivity contribution in [2.75, 3.05) is 26.0 Å². The van der Waals surface area contributed by atoms with E-state index in [1.165, 1.54) is 11.1 Å². The van der Waals surface area contributed by atoms with E-state index in [-0.39, 0.29) is 5.91 Å². The van der Waals surface area contributed by atoms with Crippen molar-refractivity contribution in [3.05, 3.63) is 65.2 Å². The molecule has 0 aliphatic carbocycles. The van der Waals surface area contributed by atoms with Crippen molar-refractivity contribution in [3.63, 3.8) is 0 Å². The smallest absolute Gasteiger partial charge is 0.248 e. The summed E-state index contributed by atoms with van der Waals surface area (Å²) in [5.74, 6) is 0.620. The fourth-order valence-electron chi connectivity index (χ4n) is 3.01. The van der Waals surface area contributed by atoms with Gasteiger partial charge in [-0.25, -0.2) is 0 Å². The fourth-order valence-corrected chi connectivity index (χ4v) is 3.01. The molecule has 3 rings (SSSR count). The first-order valence-corrected chi connectivity index (χ1v) is 8.09. The maximum absolute atomic E-state index is 12.3. The van der Waals surface area contributed by atoms with E-state index in [9.17, 15) is 4.79 Å². The van der Waals surface area contributed by atoms with Crippen LogP contribution in [0.2, 0.25) is 0 Å². The monoisotopic (exact) mass is 322 g/mol. The summed E-state index contributed by atoms with van der Waals surface area (Å²) in [5, 5.41) is 3.01. The van der Waals surface area contributed by atoms with Gasteiger partial charge in [0.15, 0.2) is 0 Å². The van der Waals surface area contributed by atoms with E-state index in [0.29, 0.717) is 0 Å². The molecular weight excluding hydrogens is 300 g/mol. The van der Waals surface area contributed by atoms with Crippen LogP contribution in [0.1, 0.15) is 16.7 Å². The minimum atomic E-state index is -0.131. The highest BCUT2D eigenvalue weighted by molar-refractivity contribution is 6.02. The standard InChI is InChI=1S/C20H22N2O2/c1-22-13-12-17-16(14-22)7-5-8-18(17)21-20(23)11-10-15-6-3-4-9-19(15)24-2/h3-11H,12-14H2,1-2H3,(H,21,23). The van der Waals surface area contributed by atoms with Crippen LogP contribution in [-0.2, 0) is 17.8 Å². The van der Waals surface area contributed by atoms with Gasteiger partial charge < -0.3 is 15.0 Å². The molecule has 1 heterocycles. The average molecular weight is 322 g/mol. The summed E-state index contributed by atoms with van der Waals surface area (Å²) in [6, 6.07) is 13.7. The Morgan fingerprint density at radius 2 is 2.04 bits per heavy atom. The van der Waals surface area contributed by atoms with Crippen molar-refractivity contribution < 1.29 is 9.53 Å². The van der Waals surface area contributed by atoms with Crippen LogP contribution in [0.4, 0.5) is 5.69 Å². The molecule has 1 aliphatic rings. The number of carbonyl (C=O) groups excluding carboxylic acids is 1. The topological polar surface area (TPSA) is 41.6 Å². The number of benzene rings is 2. The number of likely N-dealkylation sites (N-methyl/N-ethyl adjacent to an activating group) is 1. The van der Waals surface area contributed by atoms with Gasteiger partial charge in [-0.1, -0.05) is 30.3 Å². The summed E-state index contributed by atoms with van der Waals surface area (Å²) in [7, 11) is 3.74. The van der Waals surface area contributed by atoms with Crippen LogP contribution in [0, 0.1) is 0 Å². The zero-order valence-electron chi connectivity index (χ0n) is 14.1. The minimum absolute atomic E-state index is 0.131. The van der Waals surface area contributed by atoms with Gasteiger partial charge in [-0.15, -0.1) is 0 Å². The van der Waals surface area contributed by atoms with Crippen LogP contribution in [0.5, 0.6) is 5.75 Å². The Balaban J connectivity index is 1.74. The Morgan fingerprint density at radius 1 is 1.21 bits per heavy atom. The fraction of sp³-hybridized carbons (Fsp3) is 0.250. The van der Waals surface area contributed by atoms with Gasteiger partial charge in [0, 0.05) is 30.4 Å². The molecule has 0 fully saturated rings. The molecule has 0 radical (unpaired) electrons. The molecular formula is C20H22N2O2. The van der Waals surface area contributed by atoms with Gasteiger partial charge >= 0.3 is 0 Å². The zero-order valence-corrected chi connectivity index (χ0v) is 14.1. The van der Waals surface area contributed by atoms with Gasteiger partial charge in [0.1, 0.15) is 5.75 Å². The largest absolute Gasteiger partial charge is 0.496 e. The minimum Gasteiger partial charge on any atom is -0.496 e. The molecule has 0 unspecified atom stereocenters. The second-order valence-electron chi connectivity index (χ2n) is 6.00. The lowest BCUT2D eigenvalue weighted by atomic mass is 9.98. The number of anilines is 1. The Morgan fingerprint density at radius 3 is 2.88 bits per heavy atom. The third kappa shape index (κ3) is 3.66. The summed E-state index contributed by atoms with van der Waals surface area (Å²) in [6.07, 6.45) is 4.28. The lowest BCUT2D eigenvalue weighted by molar-refractivity contribution is -0.111. The number of methoxy groups -OCH3 is 1. The highest BCUT2D eigenvalue weighted by Gasteiger charge is 2.16. The number of hydrogen-bond donors (Lipinski definition) is 1. The number of fused-ring (bicyclic) bond motifs is 1. The molecule has 124 valence electrons. The van der Waals surface area contributed by atoms with E-state index in [4.69, 9.17) is 4.74 Å². The van der Waals surface area contributed by atoms with Gasteiger partial charge in [-0.3, -0.25) is 4.79 Å². The molecule has 4 nitrogen and oxygen atoms in total. The molecule has 24 heavy (non-hydrogen) atoms. The second kappa shape index (κ2) is 7.32. The summed E-state index contributed by atoms with van der Waals surface area (Å²) < 4.78 is 5.29. The van der Waals surface area contributed by atoms with Crippen molar-refractivity contribution in [2.45, 2.75) is 13.0 Å². The molecule has 2 aromatic rings. The Hall–Kier alpha value is -2.59. The highest BCUT2D eigenvalue weighted by atomic mass is 16.5. The Labute approximate surface area is 142 Å². The van der Waals surface area contributed by atoms with Crippen molar-refractivity contribution >= 4 is 17.7 Å². The van der Waals surface area contributed by atoms with Crippen LogP contribution >= 0.6 is 0 Å².